The second-order valence-electron chi connectivity index (χ2n) is 7.17. The van der Waals surface area contributed by atoms with Crippen molar-refractivity contribution in [3.05, 3.63) is 89.2 Å². The number of hydrogen-bond donors (Lipinski definition) is 2. The van der Waals surface area contributed by atoms with Crippen molar-refractivity contribution in [3.63, 3.8) is 0 Å². The number of carbonyl (C=O) groups excluding carboxylic acids is 2. The minimum absolute atomic E-state index is 0.0524. The second-order valence-corrected chi connectivity index (χ2v) is 7.17. The first-order valence-electron chi connectivity index (χ1n) is 10.2. The van der Waals surface area contributed by atoms with Crippen molar-refractivity contribution in [2.24, 2.45) is 0 Å². The topological polar surface area (TPSA) is 100 Å². The Morgan fingerprint density at radius 1 is 1.00 bits per heavy atom. The Bertz CT molecular complexity index is 1280. The second kappa shape index (κ2) is 11.3. The summed E-state index contributed by atoms with van der Waals surface area (Å²) >= 11 is 0. The zero-order valence-electron chi connectivity index (χ0n) is 18.6. The molecule has 7 nitrogen and oxygen atoms in total. The van der Waals surface area contributed by atoms with Crippen LogP contribution in [0, 0.1) is 24.1 Å². The lowest BCUT2D eigenvalue weighted by Gasteiger charge is -2.12. The van der Waals surface area contributed by atoms with E-state index < -0.39 is 17.6 Å². The number of carbonyl (C=O) groups is 2. The highest BCUT2D eigenvalue weighted by Gasteiger charge is 2.13. The lowest BCUT2D eigenvalue weighted by molar-refractivity contribution is -0.118. The molecule has 3 aromatic rings. The number of rotatable bonds is 8. The number of nitrogens with one attached hydrogen (secondary N) is 2. The van der Waals surface area contributed by atoms with Crippen LogP contribution in [0.1, 0.15) is 11.1 Å². The maximum Gasteiger partial charge on any atom is 0.266 e. The summed E-state index contributed by atoms with van der Waals surface area (Å²) in [4.78, 5) is 24.6. The SMILES string of the molecule is COc1cc(/C=C(/C#N)C(=O)Nc2ccccc2C)ccc1OCC(=O)Nc1ccccc1F. The van der Waals surface area contributed by atoms with E-state index in [0.717, 1.165) is 5.56 Å². The summed E-state index contributed by atoms with van der Waals surface area (Å²) in [7, 11) is 1.42. The summed E-state index contributed by atoms with van der Waals surface area (Å²) in [6, 6.07) is 19.7. The number of hydrogen-bond acceptors (Lipinski definition) is 5. The minimum atomic E-state index is -0.552. The van der Waals surface area contributed by atoms with Gasteiger partial charge in [-0.15, -0.1) is 0 Å². The summed E-state index contributed by atoms with van der Waals surface area (Å²) in [6.45, 7) is 1.48. The molecule has 0 saturated carbocycles. The van der Waals surface area contributed by atoms with Gasteiger partial charge in [0.25, 0.3) is 11.8 Å². The summed E-state index contributed by atoms with van der Waals surface area (Å²) in [5.74, 6) is -1.07. The fraction of sp³-hybridized carbons (Fsp3) is 0.115. The third-order valence-corrected chi connectivity index (χ3v) is 4.76. The van der Waals surface area contributed by atoms with Crippen molar-refractivity contribution < 1.29 is 23.5 Å². The molecule has 0 aromatic heterocycles. The molecule has 34 heavy (non-hydrogen) atoms. The Hall–Kier alpha value is -4.64. The van der Waals surface area contributed by atoms with Crippen LogP contribution in [0.4, 0.5) is 15.8 Å². The number of benzene rings is 3. The minimum Gasteiger partial charge on any atom is -0.493 e. The van der Waals surface area contributed by atoms with Gasteiger partial charge >= 0.3 is 0 Å². The third-order valence-electron chi connectivity index (χ3n) is 4.76. The molecule has 0 fully saturated rings. The normalized spacial score (nSPS) is 10.7. The van der Waals surface area contributed by atoms with Crippen LogP contribution >= 0.6 is 0 Å². The highest BCUT2D eigenvalue weighted by molar-refractivity contribution is 6.10. The highest BCUT2D eigenvalue weighted by atomic mass is 19.1. The van der Waals surface area contributed by atoms with Gasteiger partial charge in [0.05, 0.1) is 12.8 Å². The zero-order chi connectivity index (χ0) is 24.5. The molecule has 0 aliphatic heterocycles. The smallest absolute Gasteiger partial charge is 0.266 e. The summed E-state index contributed by atoms with van der Waals surface area (Å²) in [6.07, 6.45) is 1.42. The third kappa shape index (κ3) is 6.20. The van der Waals surface area contributed by atoms with Gasteiger partial charge in [0.2, 0.25) is 0 Å². The molecule has 0 aliphatic carbocycles. The molecule has 0 heterocycles. The lowest BCUT2D eigenvalue weighted by Crippen LogP contribution is -2.21. The molecule has 0 bridgehead atoms. The Labute approximate surface area is 196 Å². The molecule has 172 valence electrons. The van der Waals surface area contributed by atoms with E-state index in [2.05, 4.69) is 10.6 Å². The van der Waals surface area contributed by atoms with Gasteiger partial charge in [0, 0.05) is 5.69 Å². The summed E-state index contributed by atoms with van der Waals surface area (Å²) in [5, 5.41) is 14.6. The molecule has 3 rings (SSSR count). The van der Waals surface area contributed by atoms with E-state index in [-0.39, 0.29) is 23.6 Å². The number of amides is 2. The monoisotopic (exact) mass is 459 g/mol. The zero-order valence-corrected chi connectivity index (χ0v) is 18.6. The van der Waals surface area contributed by atoms with Crippen LogP contribution in [-0.2, 0) is 9.59 Å². The number of nitriles is 1. The van der Waals surface area contributed by atoms with E-state index >= 15 is 0 Å². The molecule has 2 amide bonds. The molecule has 2 N–H and O–H groups in total. The first-order valence-corrected chi connectivity index (χ1v) is 10.2. The van der Waals surface area contributed by atoms with Crippen molar-refractivity contribution in [1.29, 1.82) is 5.26 Å². The van der Waals surface area contributed by atoms with Crippen LogP contribution in [0.5, 0.6) is 11.5 Å². The van der Waals surface area contributed by atoms with E-state index in [1.165, 1.54) is 31.4 Å². The van der Waals surface area contributed by atoms with Crippen molar-refractivity contribution in [1.82, 2.24) is 0 Å². The number of aryl methyl sites for hydroxylation is 1. The van der Waals surface area contributed by atoms with Gasteiger partial charge in [0.15, 0.2) is 18.1 Å². The maximum absolute atomic E-state index is 13.7. The molecule has 0 radical (unpaired) electrons. The Morgan fingerprint density at radius 3 is 2.38 bits per heavy atom. The van der Waals surface area contributed by atoms with Gasteiger partial charge in [0.1, 0.15) is 17.5 Å². The van der Waals surface area contributed by atoms with Gasteiger partial charge in [-0.25, -0.2) is 4.39 Å². The lowest BCUT2D eigenvalue weighted by atomic mass is 10.1. The molecule has 3 aromatic carbocycles. The average Bonchev–Trinajstić information content (AvgIpc) is 2.84. The quantitative estimate of drug-likeness (QED) is 0.376. The molecule has 0 spiro atoms. The van der Waals surface area contributed by atoms with Gasteiger partial charge in [-0.3, -0.25) is 9.59 Å². The number of para-hydroxylation sites is 2. The molecular weight excluding hydrogens is 437 g/mol. The number of anilines is 2. The summed E-state index contributed by atoms with van der Waals surface area (Å²) in [5.41, 5.74) is 1.97. The molecule has 8 heteroatoms. The van der Waals surface area contributed by atoms with Gasteiger partial charge < -0.3 is 20.1 Å². The molecular formula is C26H22FN3O4. The van der Waals surface area contributed by atoms with Crippen LogP contribution in [0.3, 0.4) is 0 Å². The Balaban J connectivity index is 1.69. The van der Waals surface area contributed by atoms with Crippen LogP contribution in [-0.4, -0.2) is 25.5 Å². The van der Waals surface area contributed by atoms with Crippen molar-refractivity contribution >= 4 is 29.3 Å². The van der Waals surface area contributed by atoms with Crippen molar-refractivity contribution in [3.8, 4) is 17.6 Å². The number of halogens is 1. The van der Waals surface area contributed by atoms with Gasteiger partial charge in [-0.2, -0.15) is 5.26 Å². The molecule has 0 unspecified atom stereocenters. The maximum atomic E-state index is 13.7. The van der Waals surface area contributed by atoms with Crippen LogP contribution in [0.25, 0.3) is 6.08 Å². The largest absolute Gasteiger partial charge is 0.493 e. The van der Waals surface area contributed by atoms with Crippen molar-refractivity contribution in [2.45, 2.75) is 6.92 Å². The number of methoxy groups -OCH3 is 1. The van der Waals surface area contributed by atoms with E-state index in [1.807, 2.05) is 25.1 Å². The van der Waals surface area contributed by atoms with E-state index in [4.69, 9.17) is 9.47 Å². The predicted molar refractivity (Wildman–Crippen MR) is 127 cm³/mol. The average molecular weight is 459 g/mol. The van der Waals surface area contributed by atoms with Gasteiger partial charge in [-0.1, -0.05) is 36.4 Å². The Kier molecular flexibility index (Phi) is 7.97. The van der Waals surface area contributed by atoms with E-state index in [9.17, 15) is 19.2 Å². The number of ether oxygens (including phenoxy) is 2. The van der Waals surface area contributed by atoms with Crippen LogP contribution in [0.2, 0.25) is 0 Å². The Morgan fingerprint density at radius 2 is 1.71 bits per heavy atom. The van der Waals surface area contributed by atoms with Crippen molar-refractivity contribution in [2.75, 3.05) is 24.4 Å². The molecule has 0 saturated heterocycles. The first kappa shape index (κ1) is 24.0. The van der Waals surface area contributed by atoms with Crippen LogP contribution < -0.4 is 20.1 Å². The van der Waals surface area contributed by atoms with E-state index in [1.54, 1.807) is 36.4 Å². The fourth-order valence-electron chi connectivity index (χ4n) is 3.00. The summed E-state index contributed by atoms with van der Waals surface area (Å²) < 4.78 is 24.5. The van der Waals surface area contributed by atoms with E-state index in [0.29, 0.717) is 17.0 Å². The molecule has 0 atom stereocenters. The predicted octanol–water partition coefficient (Wildman–Crippen LogP) is 4.71. The first-order chi connectivity index (χ1) is 16.4. The molecule has 0 aliphatic rings. The fourth-order valence-corrected chi connectivity index (χ4v) is 3.00. The highest BCUT2D eigenvalue weighted by Crippen LogP contribution is 2.29. The van der Waals surface area contributed by atoms with Gasteiger partial charge in [-0.05, 0) is 54.5 Å². The van der Waals surface area contributed by atoms with Crippen LogP contribution in [0.15, 0.2) is 72.3 Å². The number of nitrogens with zero attached hydrogens (tertiary/aromatic N) is 1. The standard InChI is InChI=1S/C26H22FN3O4/c1-17-7-3-5-9-21(17)30-26(32)19(15-28)13-18-11-12-23(24(14-18)33-2)34-16-25(31)29-22-10-6-4-8-20(22)27/h3-14H,16H2,1-2H3,(H,29,31)(H,30,32)/b19-13-.